The molecule has 3 nitrogen and oxygen atoms in total. The van der Waals surface area contributed by atoms with Crippen LogP contribution < -0.4 is 5.32 Å². The van der Waals surface area contributed by atoms with Gasteiger partial charge in [-0.05, 0) is 24.5 Å². The van der Waals surface area contributed by atoms with Gasteiger partial charge in [0.2, 0.25) is 0 Å². The number of benzene rings is 1. The summed E-state index contributed by atoms with van der Waals surface area (Å²) in [6, 6.07) is 8.49. The molecule has 0 aliphatic rings. The van der Waals surface area contributed by atoms with Crippen LogP contribution in [-0.4, -0.2) is 9.78 Å². The molecule has 0 spiro atoms. The van der Waals surface area contributed by atoms with Crippen molar-refractivity contribution >= 4 is 0 Å². The first kappa shape index (κ1) is 12.8. The van der Waals surface area contributed by atoms with E-state index < -0.39 is 0 Å². The summed E-state index contributed by atoms with van der Waals surface area (Å²) in [6.07, 6.45) is 3.09. The highest BCUT2D eigenvalue weighted by atomic mass is 15.3. The number of rotatable bonds is 5. The molecule has 0 aliphatic carbocycles. The molecule has 0 saturated carbocycles. The first-order valence-corrected chi connectivity index (χ1v) is 6.47. The molecule has 0 fully saturated rings. The number of hydrogen-bond donors (Lipinski definition) is 1. The Morgan fingerprint density at radius 3 is 2.61 bits per heavy atom. The van der Waals surface area contributed by atoms with Crippen LogP contribution in [0.1, 0.15) is 29.3 Å². The summed E-state index contributed by atoms with van der Waals surface area (Å²) in [7, 11) is 1.98. The molecule has 2 rings (SSSR count). The van der Waals surface area contributed by atoms with E-state index in [1.54, 1.807) is 0 Å². The minimum Gasteiger partial charge on any atom is -0.308 e. The first-order valence-electron chi connectivity index (χ1n) is 6.47. The Labute approximate surface area is 109 Å². The van der Waals surface area contributed by atoms with Crippen LogP contribution in [0.4, 0.5) is 0 Å². The second-order valence-corrected chi connectivity index (χ2v) is 4.66. The summed E-state index contributed by atoms with van der Waals surface area (Å²) in [5.74, 6) is 0. The SMILES string of the molecule is CCc1nn(C)cc1CNCc1ccccc1C. The summed E-state index contributed by atoms with van der Waals surface area (Å²) in [5, 5.41) is 7.94. The third kappa shape index (κ3) is 2.99. The summed E-state index contributed by atoms with van der Waals surface area (Å²) in [4.78, 5) is 0. The minimum atomic E-state index is 0.880. The summed E-state index contributed by atoms with van der Waals surface area (Å²) >= 11 is 0. The Morgan fingerprint density at radius 2 is 1.89 bits per heavy atom. The van der Waals surface area contributed by atoms with Crippen molar-refractivity contribution in [1.82, 2.24) is 15.1 Å². The van der Waals surface area contributed by atoms with E-state index in [9.17, 15) is 0 Å². The second kappa shape index (κ2) is 5.83. The van der Waals surface area contributed by atoms with Gasteiger partial charge >= 0.3 is 0 Å². The molecule has 0 amide bonds. The van der Waals surface area contributed by atoms with Crippen molar-refractivity contribution in [2.45, 2.75) is 33.4 Å². The summed E-state index contributed by atoms with van der Waals surface area (Å²) < 4.78 is 1.89. The first-order chi connectivity index (χ1) is 8.70. The van der Waals surface area contributed by atoms with Crippen LogP contribution in [0.5, 0.6) is 0 Å². The fourth-order valence-electron chi connectivity index (χ4n) is 2.17. The lowest BCUT2D eigenvalue weighted by atomic mass is 10.1. The fourth-order valence-corrected chi connectivity index (χ4v) is 2.17. The Bertz CT molecular complexity index is 514. The maximum absolute atomic E-state index is 4.45. The number of aromatic nitrogens is 2. The third-order valence-electron chi connectivity index (χ3n) is 3.22. The highest BCUT2D eigenvalue weighted by Gasteiger charge is 2.05. The summed E-state index contributed by atoms with van der Waals surface area (Å²) in [6.45, 7) is 6.09. The zero-order valence-electron chi connectivity index (χ0n) is 11.4. The molecule has 0 aliphatic heterocycles. The van der Waals surface area contributed by atoms with Crippen LogP contribution in [0.2, 0.25) is 0 Å². The van der Waals surface area contributed by atoms with E-state index in [-0.39, 0.29) is 0 Å². The van der Waals surface area contributed by atoms with Crippen LogP contribution in [0.15, 0.2) is 30.5 Å². The second-order valence-electron chi connectivity index (χ2n) is 4.66. The predicted molar refractivity (Wildman–Crippen MR) is 74.3 cm³/mol. The topological polar surface area (TPSA) is 29.9 Å². The van der Waals surface area contributed by atoms with E-state index >= 15 is 0 Å². The minimum absolute atomic E-state index is 0.880. The van der Waals surface area contributed by atoms with Crippen molar-refractivity contribution in [3.05, 3.63) is 52.8 Å². The number of nitrogens with one attached hydrogen (secondary N) is 1. The molecule has 0 saturated heterocycles. The van der Waals surface area contributed by atoms with Gasteiger partial charge in [0.15, 0.2) is 0 Å². The molecule has 1 heterocycles. The normalized spacial score (nSPS) is 10.8. The van der Waals surface area contributed by atoms with E-state index in [0.29, 0.717) is 0 Å². The lowest BCUT2D eigenvalue weighted by molar-refractivity contribution is 0.685. The van der Waals surface area contributed by atoms with Crippen molar-refractivity contribution in [1.29, 1.82) is 0 Å². The van der Waals surface area contributed by atoms with E-state index in [0.717, 1.165) is 19.5 Å². The van der Waals surface area contributed by atoms with Crippen LogP contribution >= 0.6 is 0 Å². The Kier molecular flexibility index (Phi) is 4.15. The average molecular weight is 243 g/mol. The zero-order valence-corrected chi connectivity index (χ0v) is 11.4. The smallest absolute Gasteiger partial charge is 0.0666 e. The summed E-state index contributed by atoms with van der Waals surface area (Å²) in [5.41, 5.74) is 5.19. The molecular weight excluding hydrogens is 222 g/mol. The van der Waals surface area contributed by atoms with Crippen molar-refractivity contribution in [2.24, 2.45) is 7.05 Å². The van der Waals surface area contributed by atoms with Crippen molar-refractivity contribution < 1.29 is 0 Å². The molecular formula is C15H21N3. The van der Waals surface area contributed by atoms with Gasteiger partial charge < -0.3 is 5.32 Å². The molecule has 3 heteroatoms. The lowest BCUT2D eigenvalue weighted by Gasteiger charge is -2.07. The van der Waals surface area contributed by atoms with Gasteiger partial charge in [-0.15, -0.1) is 0 Å². The third-order valence-corrected chi connectivity index (χ3v) is 3.22. The standard InChI is InChI=1S/C15H21N3/c1-4-15-14(11-18(3)17-15)10-16-9-13-8-6-5-7-12(13)2/h5-8,11,16H,4,9-10H2,1-3H3. The van der Waals surface area contributed by atoms with Crippen LogP contribution in [0.3, 0.4) is 0 Å². The van der Waals surface area contributed by atoms with Crippen molar-refractivity contribution in [3.8, 4) is 0 Å². The maximum atomic E-state index is 4.45. The molecule has 2 aromatic rings. The zero-order chi connectivity index (χ0) is 13.0. The predicted octanol–water partition coefficient (Wildman–Crippen LogP) is 2.58. The molecule has 1 N–H and O–H groups in total. The van der Waals surface area contributed by atoms with Gasteiger partial charge in [0.25, 0.3) is 0 Å². The molecule has 0 atom stereocenters. The van der Waals surface area contributed by atoms with Gasteiger partial charge in [-0.25, -0.2) is 0 Å². The van der Waals surface area contributed by atoms with E-state index in [1.165, 1.54) is 22.4 Å². The monoisotopic (exact) mass is 243 g/mol. The molecule has 1 aromatic heterocycles. The maximum Gasteiger partial charge on any atom is 0.0666 e. The number of hydrogen-bond acceptors (Lipinski definition) is 2. The average Bonchev–Trinajstić information content (AvgIpc) is 2.72. The van der Waals surface area contributed by atoms with Gasteiger partial charge in [0.1, 0.15) is 0 Å². The molecule has 18 heavy (non-hydrogen) atoms. The van der Waals surface area contributed by atoms with Crippen LogP contribution in [-0.2, 0) is 26.6 Å². The Morgan fingerprint density at radius 1 is 1.17 bits per heavy atom. The highest BCUT2D eigenvalue weighted by Crippen LogP contribution is 2.09. The molecule has 1 aromatic carbocycles. The van der Waals surface area contributed by atoms with E-state index in [1.807, 2.05) is 11.7 Å². The molecule has 0 radical (unpaired) electrons. The van der Waals surface area contributed by atoms with E-state index in [4.69, 9.17) is 0 Å². The van der Waals surface area contributed by atoms with Crippen molar-refractivity contribution in [2.75, 3.05) is 0 Å². The molecule has 0 bridgehead atoms. The van der Waals surface area contributed by atoms with Gasteiger partial charge in [0.05, 0.1) is 5.69 Å². The number of nitrogens with zero attached hydrogens (tertiary/aromatic N) is 2. The van der Waals surface area contributed by atoms with Gasteiger partial charge in [-0.2, -0.15) is 5.10 Å². The van der Waals surface area contributed by atoms with E-state index in [2.05, 4.69) is 54.7 Å². The van der Waals surface area contributed by atoms with Crippen molar-refractivity contribution in [3.63, 3.8) is 0 Å². The van der Waals surface area contributed by atoms with Crippen LogP contribution in [0, 0.1) is 6.92 Å². The fraction of sp³-hybridized carbons (Fsp3) is 0.400. The lowest BCUT2D eigenvalue weighted by Crippen LogP contribution is -2.14. The largest absolute Gasteiger partial charge is 0.308 e. The molecule has 0 unspecified atom stereocenters. The molecule has 96 valence electrons. The van der Waals surface area contributed by atoms with Crippen LogP contribution in [0.25, 0.3) is 0 Å². The quantitative estimate of drug-likeness (QED) is 0.874. The highest BCUT2D eigenvalue weighted by molar-refractivity contribution is 5.25. The number of aryl methyl sites for hydroxylation is 3. The van der Waals surface area contributed by atoms with Gasteiger partial charge in [0, 0.05) is 31.9 Å². The van der Waals surface area contributed by atoms with Gasteiger partial charge in [-0.3, -0.25) is 4.68 Å². The Hall–Kier alpha value is -1.61. The Balaban J connectivity index is 1.94. The van der Waals surface area contributed by atoms with Gasteiger partial charge in [-0.1, -0.05) is 31.2 Å².